The lowest BCUT2D eigenvalue weighted by molar-refractivity contribution is -0.123. The zero-order valence-corrected chi connectivity index (χ0v) is 15.2. The molecule has 4 nitrogen and oxygen atoms in total. The third-order valence-corrected chi connectivity index (χ3v) is 3.71. The first kappa shape index (κ1) is 18.8. The highest BCUT2D eigenvalue weighted by Gasteiger charge is 2.04. The summed E-state index contributed by atoms with van der Waals surface area (Å²) >= 11 is 0. The average Bonchev–Trinajstić information content (AvgIpc) is 2.59. The number of hydrogen-bond donors (Lipinski definition) is 1. The smallest absolute Gasteiger partial charge is 0.257 e. The van der Waals surface area contributed by atoms with E-state index >= 15 is 0 Å². The second-order valence-electron chi connectivity index (χ2n) is 6.32. The number of aryl methyl sites for hydroxylation is 2. The summed E-state index contributed by atoms with van der Waals surface area (Å²) in [6.45, 7) is 6.68. The molecular weight excluding hydrogens is 314 g/mol. The van der Waals surface area contributed by atoms with Crippen molar-refractivity contribution >= 4 is 5.91 Å². The standard InChI is InChI=1S/C21H27NO3/c1-16(2)25-19-12-10-18(11-13-19)8-6-14-22-21(23)15-24-20-9-5-4-7-17(20)3/h4-5,7,9-13,16H,6,8,14-15H2,1-3H3,(H,22,23). The van der Waals surface area contributed by atoms with E-state index in [2.05, 4.69) is 17.4 Å². The van der Waals surface area contributed by atoms with Crippen molar-refractivity contribution in [1.29, 1.82) is 0 Å². The molecule has 0 heterocycles. The molecule has 0 aromatic heterocycles. The normalized spacial score (nSPS) is 10.6. The summed E-state index contributed by atoms with van der Waals surface area (Å²) in [5, 5.41) is 2.89. The molecule has 0 fully saturated rings. The van der Waals surface area contributed by atoms with Crippen LogP contribution in [0, 0.1) is 6.92 Å². The lowest BCUT2D eigenvalue weighted by atomic mass is 10.1. The molecule has 2 rings (SSSR count). The van der Waals surface area contributed by atoms with Gasteiger partial charge in [-0.2, -0.15) is 0 Å². The summed E-state index contributed by atoms with van der Waals surface area (Å²) < 4.78 is 11.2. The van der Waals surface area contributed by atoms with Gasteiger partial charge in [-0.1, -0.05) is 30.3 Å². The van der Waals surface area contributed by atoms with Gasteiger partial charge >= 0.3 is 0 Å². The van der Waals surface area contributed by atoms with Gasteiger partial charge in [0.05, 0.1) is 6.10 Å². The molecule has 0 atom stereocenters. The Morgan fingerprint density at radius 1 is 1.08 bits per heavy atom. The van der Waals surface area contributed by atoms with Crippen molar-refractivity contribution in [1.82, 2.24) is 5.32 Å². The van der Waals surface area contributed by atoms with Crippen LogP contribution >= 0.6 is 0 Å². The minimum absolute atomic E-state index is 0.0477. The fraction of sp³-hybridized carbons (Fsp3) is 0.381. The number of para-hydroxylation sites is 1. The molecule has 1 amide bonds. The SMILES string of the molecule is Cc1ccccc1OCC(=O)NCCCc1ccc(OC(C)C)cc1. The number of benzene rings is 2. The van der Waals surface area contributed by atoms with E-state index in [4.69, 9.17) is 9.47 Å². The maximum absolute atomic E-state index is 11.8. The van der Waals surface area contributed by atoms with E-state index in [-0.39, 0.29) is 18.6 Å². The number of nitrogens with one attached hydrogen (secondary N) is 1. The van der Waals surface area contributed by atoms with Crippen molar-refractivity contribution in [2.45, 2.75) is 39.7 Å². The highest BCUT2D eigenvalue weighted by molar-refractivity contribution is 5.77. The Balaban J connectivity index is 1.63. The molecule has 1 N–H and O–H groups in total. The minimum Gasteiger partial charge on any atom is -0.491 e. The number of ether oxygens (including phenoxy) is 2. The van der Waals surface area contributed by atoms with E-state index in [0.717, 1.165) is 29.9 Å². The largest absolute Gasteiger partial charge is 0.491 e. The Morgan fingerprint density at radius 3 is 2.48 bits per heavy atom. The van der Waals surface area contributed by atoms with Crippen molar-refractivity contribution in [2.75, 3.05) is 13.2 Å². The van der Waals surface area contributed by atoms with Gasteiger partial charge in [0.25, 0.3) is 5.91 Å². The van der Waals surface area contributed by atoms with Gasteiger partial charge in [0.2, 0.25) is 0 Å². The molecule has 2 aromatic carbocycles. The number of carbonyl (C=O) groups is 1. The highest BCUT2D eigenvalue weighted by atomic mass is 16.5. The molecule has 0 bridgehead atoms. The Labute approximate surface area is 150 Å². The number of carbonyl (C=O) groups excluding carboxylic acids is 1. The first-order valence-corrected chi connectivity index (χ1v) is 8.75. The minimum atomic E-state index is -0.0936. The third-order valence-electron chi connectivity index (χ3n) is 3.71. The van der Waals surface area contributed by atoms with Gasteiger partial charge in [0.15, 0.2) is 6.61 Å². The average molecular weight is 341 g/mol. The van der Waals surface area contributed by atoms with Crippen LogP contribution in [0.25, 0.3) is 0 Å². The fourth-order valence-corrected chi connectivity index (χ4v) is 2.44. The van der Waals surface area contributed by atoms with Crippen LogP contribution in [0.5, 0.6) is 11.5 Å². The van der Waals surface area contributed by atoms with Crippen LogP contribution in [0.3, 0.4) is 0 Å². The lowest BCUT2D eigenvalue weighted by Crippen LogP contribution is -2.30. The molecule has 0 saturated heterocycles. The topological polar surface area (TPSA) is 47.6 Å². The zero-order chi connectivity index (χ0) is 18.1. The molecule has 0 aliphatic carbocycles. The molecule has 25 heavy (non-hydrogen) atoms. The van der Waals surface area contributed by atoms with Crippen molar-refractivity contribution in [3.05, 3.63) is 59.7 Å². The number of hydrogen-bond acceptors (Lipinski definition) is 3. The van der Waals surface area contributed by atoms with Crippen LogP contribution in [0.4, 0.5) is 0 Å². The number of rotatable bonds is 9. The highest BCUT2D eigenvalue weighted by Crippen LogP contribution is 2.16. The Bertz CT molecular complexity index is 665. The predicted octanol–water partition coefficient (Wildman–Crippen LogP) is 3.91. The van der Waals surface area contributed by atoms with Gasteiger partial charge in [-0.25, -0.2) is 0 Å². The van der Waals surface area contributed by atoms with Crippen molar-refractivity contribution in [3.8, 4) is 11.5 Å². The van der Waals surface area contributed by atoms with E-state index in [1.165, 1.54) is 5.56 Å². The van der Waals surface area contributed by atoms with Crippen LogP contribution in [-0.4, -0.2) is 25.2 Å². The third kappa shape index (κ3) is 6.87. The summed E-state index contributed by atoms with van der Waals surface area (Å²) in [5.74, 6) is 1.55. The van der Waals surface area contributed by atoms with E-state index in [1.807, 2.05) is 57.2 Å². The Hall–Kier alpha value is -2.49. The van der Waals surface area contributed by atoms with E-state index < -0.39 is 0 Å². The fourth-order valence-electron chi connectivity index (χ4n) is 2.44. The van der Waals surface area contributed by atoms with Crippen LogP contribution in [0.15, 0.2) is 48.5 Å². The van der Waals surface area contributed by atoms with Gasteiger partial charge in [-0.05, 0) is 62.9 Å². The van der Waals surface area contributed by atoms with E-state index in [1.54, 1.807) is 0 Å². The van der Waals surface area contributed by atoms with Crippen LogP contribution in [-0.2, 0) is 11.2 Å². The maximum Gasteiger partial charge on any atom is 0.257 e. The monoisotopic (exact) mass is 341 g/mol. The first-order chi connectivity index (χ1) is 12.0. The first-order valence-electron chi connectivity index (χ1n) is 8.75. The van der Waals surface area contributed by atoms with Crippen molar-refractivity contribution in [3.63, 3.8) is 0 Å². The van der Waals surface area contributed by atoms with Gasteiger partial charge in [-0.3, -0.25) is 4.79 Å². The quantitative estimate of drug-likeness (QED) is 0.704. The van der Waals surface area contributed by atoms with E-state index in [9.17, 15) is 4.79 Å². The van der Waals surface area contributed by atoms with Gasteiger partial charge in [-0.15, -0.1) is 0 Å². The molecule has 0 spiro atoms. The molecule has 2 aromatic rings. The second kappa shape index (κ2) is 9.72. The zero-order valence-electron chi connectivity index (χ0n) is 15.2. The van der Waals surface area contributed by atoms with Crippen LogP contribution in [0.1, 0.15) is 31.4 Å². The summed E-state index contributed by atoms with van der Waals surface area (Å²) in [4.78, 5) is 11.8. The molecular formula is C21H27NO3. The van der Waals surface area contributed by atoms with Crippen molar-refractivity contribution < 1.29 is 14.3 Å². The van der Waals surface area contributed by atoms with Gasteiger partial charge < -0.3 is 14.8 Å². The van der Waals surface area contributed by atoms with Crippen molar-refractivity contribution in [2.24, 2.45) is 0 Å². The maximum atomic E-state index is 11.8. The summed E-state index contributed by atoms with van der Waals surface area (Å²) in [7, 11) is 0. The molecule has 134 valence electrons. The summed E-state index contributed by atoms with van der Waals surface area (Å²) in [6, 6.07) is 15.8. The van der Waals surface area contributed by atoms with Crippen LogP contribution in [0.2, 0.25) is 0 Å². The molecule has 0 aliphatic rings. The molecule has 4 heteroatoms. The molecule has 0 saturated carbocycles. The number of amides is 1. The molecule has 0 radical (unpaired) electrons. The summed E-state index contributed by atoms with van der Waals surface area (Å²) in [5.41, 5.74) is 2.27. The van der Waals surface area contributed by atoms with E-state index in [0.29, 0.717) is 6.54 Å². The lowest BCUT2D eigenvalue weighted by Gasteiger charge is -2.10. The van der Waals surface area contributed by atoms with Crippen LogP contribution < -0.4 is 14.8 Å². The molecule has 0 aliphatic heterocycles. The van der Waals surface area contributed by atoms with Gasteiger partial charge in [0.1, 0.15) is 11.5 Å². The predicted molar refractivity (Wildman–Crippen MR) is 100 cm³/mol. The Morgan fingerprint density at radius 2 is 1.80 bits per heavy atom. The second-order valence-corrected chi connectivity index (χ2v) is 6.32. The Kier molecular flexibility index (Phi) is 7.33. The van der Waals surface area contributed by atoms with Gasteiger partial charge in [0, 0.05) is 6.54 Å². The molecule has 0 unspecified atom stereocenters. The summed E-state index contributed by atoms with van der Waals surface area (Å²) in [6.07, 6.45) is 1.99.